The van der Waals surface area contributed by atoms with Crippen LogP contribution in [0, 0.1) is 0 Å². The zero-order valence-electron chi connectivity index (χ0n) is 11.8. The van der Waals surface area contributed by atoms with E-state index in [0.29, 0.717) is 42.6 Å². The number of carbonyl (C=O) groups excluding carboxylic acids is 1. The quantitative estimate of drug-likeness (QED) is 0.823. The molecule has 1 amide bonds. The number of nitrogens with two attached hydrogens (primary N) is 1. The fraction of sp³-hybridized carbons (Fsp3) is 0.286. The Hall–Kier alpha value is -1.27. The number of nitrogens with zero attached hydrogens (tertiary/aromatic N) is 1. The predicted molar refractivity (Wildman–Crippen MR) is 91.8 cm³/mol. The smallest absolute Gasteiger partial charge is 0.220 e. The van der Waals surface area contributed by atoms with Crippen molar-refractivity contribution in [3.05, 3.63) is 41.4 Å². The maximum atomic E-state index is 11.4. The summed E-state index contributed by atoms with van der Waals surface area (Å²) in [5.41, 5.74) is 6.10. The van der Waals surface area contributed by atoms with Crippen molar-refractivity contribution in [1.29, 1.82) is 0 Å². The monoisotopic (exact) mass is 365 g/mol. The van der Waals surface area contributed by atoms with Gasteiger partial charge in [0.05, 0.1) is 11.2 Å². The summed E-state index contributed by atoms with van der Waals surface area (Å²) in [4.78, 5) is 15.6. The standard InChI is InChI=1S/C14H16ClN3O2.2ClH/c15-11-4-2-1-3-10(11)12-9-18-14(20-12)6-5-13(19)17-8-7-16;;/h1-4,9H,5-8,16H2,(H,17,19);2*1H. The van der Waals surface area contributed by atoms with E-state index in [1.807, 2.05) is 18.2 Å². The van der Waals surface area contributed by atoms with E-state index in [9.17, 15) is 4.79 Å². The minimum Gasteiger partial charge on any atom is -0.441 e. The third-order valence-electron chi connectivity index (χ3n) is 2.73. The minimum absolute atomic E-state index is 0. The Morgan fingerprint density at radius 1 is 1.32 bits per heavy atom. The molecule has 3 N–H and O–H groups in total. The Labute approximate surface area is 146 Å². The molecule has 0 spiro atoms. The number of carbonyl (C=O) groups is 1. The van der Waals surface area contributed by atoms with Crippen LogP contribution in [0.15, 0.2) is 34.9 Å². The molecule has 8 heteroatoms. The van der Waals surface area contributed by atoms with Crippen LogP contribution in [0.1, 0.15) is 12.3 Å². The molecule has 122 valence electrons. The highest BCUT2D eigenvalue weighted by atomic mass is 35.5. The summed E-state index contributed by atoms with van der Waals surface area (Å²) < 4.78 is 5.61. The normalized spacial score (nSPS) is 9.55. The Bertz CT molecular complexity index is 590. The van der Waals surface area contributed by atoms with Crippen molar-refractivity contribution in [2.45, 2.75) is 12.8 Å². The van der Waals surface area contributed by atoms with E-state index in [0.717, 1.165) is 5.56 Å². The van der Waals surface area contributed by atoms with E-state index in [4.69, 9.17) is 21.8 Å². The first-order valence-corrected chi connectivity index (χ1v) is 6.75. The average molecular weight is 367 g/mol. The van der Waals surface area contributed by atoms with Gasteiger partial charge in [-0.15, -0.1) is 24.8 Å². The van der Waals surface area contributed by atoms with E-state index in [1.54, 1.807) is 12.3 Å². The number of amides is 1. The number of hydrogen-bond donors (Lipinski definition) is 2. The van der Waals surface area contributed by atoms with Gasteiger partial charge in [-0.3, -0.25) is 4.79 Å². The Morgan fingerprint density at radius 2 is 2.05 bits per heavy atom. The Morgan fingerprint density at radius 3 is 2.73 bits per heavy atom. The lowest BCUT2D eigenvalue weighted by Gasteiger charge is -2.01. The van der Waals surface area contributed by atoms with Gasteiger partial charge in [-0.2, -0.15) is 0 Å². The van der Waals surface area contributed by atoms with E-state index in [1.165, 1.54) is 0 Å². The number of rotatable bonds is 6. The third kappa shape index (κ3) is 5.85. The molecule has 0 aliphatic carbocycles. The number of nitrogens with one attached hydrogen (secondary N) is 1. The first kappa shape index (κ1) is 20.7. The Kier molecular flexibility index (Phi) is 9.85. The van der Waals surface area contributed by atoms with Crippen LogP contribution >= 0.6 is 36.4 Å². The summed E-state index contributed by atoms with van der Waals surface area (Å²) in [7, 11) is 0. The lowest BCUT2D eigenvalue weighted by molar-refractivity contribution is -0.121. The van der Waals surface area contributed by atoms with E-state index < -0.39 is 0 Å². The maximum Gasteiger partial charge on any atom is 0.220 e. The van der Waals surface area contributed by atoms with Crippen LogP contribution < -0.4 is 11.1 Å². The summed E-state index contributed by atoms with van der Waals surface area (Å²) in [5.74, 6) is 1.06. The van der Waals surface area contributed by atoms with Crippen LogP contribution in [0.4, 0.5) is 0 Å². The molecule has 0 saturated carbocycles. The molecule has 0 radical (unpaired) electrons. The number of halogens is 3. The van der Waals surface area contributed by atoms with Crippen LogP contribution in [-0.4, -0.2) is 24.0 Å². The lowest BCUT2D eigenvalue weighted by atomic mass is 10.2. The molecule has 0 atom stereocenters. The summed E-state index contributed by atoms with van der Waals surface area (Å²) in [5, 5.41) is 3.30. The SMILES string of the molecule is Cl.Cl.NCCNC(=O)CCc1ncc(-c2ccccc2Cl)o1. The molecule has 1 heterocycles. The van der Waals surface area contributed by atoms with Gasteiger partial charge in [0.1, 0.15) is 0 Å². The maximum absolute atomic E-state index is 11.4. The molecule has 5 nitrogen and oxygen atoms in total. The molecule has 0 saturated heterocycles. The number of aryl methyl sites for hydroxylation is 1. The van der Waals surface area contributed by atoms with Gasteiger partial charge >= 0.3 is 0 Å². The molecular weight excluding hydrogens is 349 g/mol. The lowest BCUT2D eigenvalue weighted by Crippen LogP contribution is -2.29. The summed E-state index contributed by atoms with van der Waals surface area (Å²) >= 11 is 6.09. The van der Waals surface area contributed by atoms with Crippen molar-refractivity contribution in [2.75, 3.05) is 13.1 Å². The summed E-state index contributed by atoms with van der Waals surface area (Å²) in [6.45, 7) is 0.913. The molecule has 1 aromatic heterocycles. The van der Waals surface area contributed by atoms with Crippen LogP contribution in [0.3, 0.4) is 0 Å². The van der Waals surface area contributed by atoms with Crippen LogP contribution in [0.2, 0.25) is 5.02 Å². The van der Waals surface area contributed by atoms with Gasteiger partial charge in [-0.05, 0) is 12.1 Å². The van der Waals surface area contributed by atoms with Crippen molar-refractivity contribution < 1.29 is 9.21 Å². The summed E-state index contributed by atoms with van der Waals surface area (Å²) in [6, 6.07) is 7.38. The van der Waals surface area contributed by atoms with Gasteiger partial charge < -0.3 is 15.5 Å². The number of oxazole rings is 1. The fourth-order valence-electron chi connectivity index (χ4n) is 1.73. The number of benzene rings is 1. The van der Waals surface area contributed by atoms with Crippen molar-refractivity contribution in [2.24, 2.45) is 5.73 Å². The second kappa shape index (κ2) is 10.5. The Balaban J connectivity index is 0.00000220. The molecule has 0 bridgehead atoms. The fourth-order valence-corrected chi connectivity index (χ4v) is 1.96. The van der Waals surface area contributed by atoms with Crippen LogP contribution in [-0.2, 0) is 11.2 Å². The molecule has 1 aromatic carbocycles. The van der Waals surface area contributed by atoms with Gasteiger partial charge in [0, 0.05) is 31.5 Å². The zero-order chi connectivity index (χ0) is 14.4. The third-order valence-corrected chi connectivity index (χ3v) is 3.05. The van der Waals surface area contributed by atoms with Crippen molar-refractivity contribution in [1.82, 2.24) is 10.3 Å². The van der Waals surface area contributed by atoms with Gasteiger partial charge in [0.15, 0.2) is 11.7 Å². The first-order chi connectivity index (χ1) is 9.70. The zero-order valence-corrected chi connectivity index (χ0v) is 14.1. The second-order valence-electron chi connectivity index (χ2n) is 4.24. The molecule has 0 fully saturated rings. The molecule has 0 aliphatic heterocycles. The minimum atomic E-state index is -0.0621. The van der Waals surface area contributed by atoms with Gasteiger partial charge in [-0.25, -0.2) is 4.98 Å². The largest absolute Gasteiger partial charge is 0.441 e. The first-order valence-electron chi connectivity index (χ1n) is 6.37. The molecule has 0 aliphatic rings. The van der Waals surface area contributed by atoms with Gasteiger partial charge in [-0.1, -0.05) is 23.7 Å². The molecule has 0 unspecified atom stereocenters. The number of aromatic nitrogens is 1. The predicted octanol–water partition coefficient (Wildman–Crippen LogP) is 2.85. The molecule has 22 heavy (non-hydrogen) atoms. The van der Waals surface area contributed by atoms with Crippen LogP contribution in [0.25, 0.3) is 11.3 Å². The highest BCUT2D eigenvalue weighted by molar-refractivity contribution is 6.33. The summed E-state index contributed by atoms with van der Waals surface area (Å²) in [6.07, 6.45) is 2.39. The van der Waals surface area contributed by atoms with Crippen molar-refractivity contribution in [3.8, 4) is 11.3 Å². The van der Waals surface area contributed by atoms with Crippen molar-refractivity contribution >= 4 is 42.3 Å². The topological polar surface area (TPSA) is 81.1 Å². The van der Waals surface area contributed by atoms with Crippen LogP contribution in [0.5, 0.6) is 0 Å². The average Bonchev–Trinajstić information content (AvgIpc) is 2.92. The van der Waals surface area contributed by atoms with Gasteiger partial charge in [0.25, 0.3) is 0 Å². The van der Waals surface area contributed by atoms with Gasteiger partial charge in [0.2, 0.25) is 5.91 Å². The van der Waals surface area contributed by atoms with E-state index in [-0.39, 0.29) is 30.7 Å². The molecule has 2 rings (SSSR count). The van der Waals surface area contributed by atoms with Crippen molar-refractivity contribution in [3.63, 3.8) is 0 Å². The highest BCUT2D eigenvalue weighted by Gasteiger charge is 2.10. The van der Waals surface area contributed by atoms with E-state index >= 15 is 0 Å². The molecular formula is C14H18Cl3N3O2. The van der Waals surface area contributed by atoms with E-state index in [2.05, 4.69) is 10.3 Å². The number of hydrogen-bond acceptors (Lipinski definition) is 4. The molecule has 2 aromatic rings. The highest BCUT2D eigenvalue weighted by Crippen LogP contribution is 2.28. The second-order valence-corrected chi connectivity index (χ2v) is 4.64.